The van der Waals surface area contributed by atoms with Crippen molar-refractivity contribution >= 4 is 33.2 Å². The first-order valence-corrected chi connectivity index (χ1v) is 7.20. The Bertz CT molecular complexity index is 383. The van der Waals surface area contributed by atoms with Gasteiger partial charge in [-0.3, -0.25) is 10.1 Å². The molecule has 0 amide bonds. The molecule has 5 nitrogen and oxygen atoms in total. The Morgan fingerprint density at radius 3 is 3.12 bits per heavy atom. The van der Waals surface area contributed by atoms with Crippen molar-refractivity contribution in [3.63, 3.8) is 0 Å². The first-order chi connectivity index (χ1) is 7.70. The standard InChI is InChI=1S/C9H13N3O2S2/c1-15-7-4-2-3-6(7)11-9-10-5-8(16-9)12(13)14/h5-7H,2-4H2,1H3,(H,10,11). The largest absolute Gasteiger partial charge is 0.357 e. The predicted octanol–water partition coefficient (Wildman–Crippen LogP) is 2.75. The maximum Gasteiger partial charge on any atom is 0.345 e. The van der Waals surface area contributed by atoms with Gasteiger partial charge in [-0.1, -0.05) is 6.42 Å². The van der Waals surface area contributed by atoms with E-state index < -0.39 is 4.92 Å². The molecule has 1 saturated carbocycles. The van der Waals surface area contributed by atoms with E-state index in [1.165, 1.54) is 19.0 Å². The summed E-state index contributed by atoms with van der Waals surface area (Å²) in [6.07, 6.45) is 6.98. The van der Waals surface area contributed by atoms with Gasteiger partial charge in [-0.15, -0.1) is 0 Å². The molecule has 0 bridgehead atoms. The van der Waals surface area contributed by atoms with Crippen LogP contribution in [0.3, 0.4) is 0 Å². The fraction of sp³-hybridized carbons (Fsp3) is 0.667. The highest BCUT2D eigenvalue weighted by molar-refractivity contribution is 7.99. The lowest BCUT2D eigenvalue weighted by molar-refractivity contribution is -0.380. The maximum atomic E-state index is 10.5. The first kappa shape index (κ1) is 11.7. The van der Waals surface area contributed by atoms with Crippen molar-refractivity contribution in [2.75, 3.05) is 11.6 Å². The molecule has 0 spiro atoms. The van der Waals surface area contributed by atoms with Gasteiger partial charge in [0, 0.05) is 11.3 Å². The highest BCUT2D eigenvalue weighted by Crippen LogP contribution is 2.33. The van der Waals surface area contributed by atoms with Crippen molar-refractivity contribution in [1.29, 1.82) is 0 Å². The Morgan fingerprint density at radius 1 is 1.69 bits per heavy atom. The molecule has 7 heteroatoms. The molecular formula is C9H13N3O2S2. The zero-order valence-electron chi connectivity index (χ0n) is 8.88. The normalized spacial score (nSPS) is 24.6. The summed E-state index contributed by atoms with van der Waals surface area (Å²) < 4.78 is 0. The van der Waals surface area contributed by atoms with Crippen LogP contribution in [0.2, 0.25) is 0 Å². The van der Waals surface area contributed by atoms with Crippen LogP contribution in [0, 0.1) is 10.1 Å². The van der Waals surface area contributed by atoms with Crippen molar-refractivity contribution in [2.24, 2.45) is 0 Å². The summed E-state index contributed by atoms with van der Waals surface area (Å²) in [5, 5.41) is 15.2. The number of hydrogen-bond acceptors (Lipinski definition) is 6. The lowest BCUT2D eigenvalue weighted by atomic mass is 10.2. The number of thiazole rings is 1. The lowest BCUT2D eigenvalue weighted by Gasteiger charge is -2.17. The van der Waals surface area contributed by atoms with E-state index in [-0.39, 0.29) is 5.00 Å². The Morgan fingerprint density at radius 2 is 2.50 bits per heavy atom. The van der Waals surface area contributed by atoms with E-state index in [0.717, 1.165) is 17.8 Å². The van der Waals surface area contributed by atoms with Crippen LogP contribution in [0.25, 0.3) is 0 Å². The fourth-order valence-electron chi connectivity index (χ4n) is 1.95. The molecule has 1 heterocycles. The average molecular weight is 259 g/mol. The number of anilines is 1. The van der Waals surface area contributed by atoms with Crippen molar-refractivity contribution in [3.05, 3.63) is 16.3 Å². The lowest BCUT2D eigenvalue weighted by Crippen LogP contribution is -2.25. The van der Waals surface area contributed by atoms with Gasteiger partial charge in [-0.05, 0) is 30.4 Å². The van der Waals surface area contributed by atoms with Crippen LogP contribution in [0.4, 0.5) is 10.1 Å². The highest BCUT2D eigenvalue weighted by Gasteiger charge is 2.27. The van der Waals surface area contributed by atoms with Crippen LogP contribution in [0.5, 0.6) is 0 Å². The highest BCUT2D eigenvalue weighted by atomic mass is 32.2. The summed E-state index contributed by atoms with van der Waals surface area (Å²) in [5.41, 5.74) is 0. The van der Waals surface area contributed by atoms with Gasteiger partial charge in [0.25, 0.3) is 0 Å². The van der Waals surface area contributed by atoms with Crippen LogP contribution in [0.15, 0.2) is 6.20 Å². The van der Waals surface area contributed by atoms with Crippen LogP contribution in [-0.2, 0) is 0 Å². The molecule has 0 aliphatic heterocycles. The van der Waals surface area contributed by atoms with E-state index >= 15 is 0 Å². The van der Waals surface area contributed by atoms with Gasteiger partial charge in [0.2, 0.25) is 0 Å². The predicted molar refractivity (Wildman–Crippen MR) is 67.3 cm³/mol. The molecule has 88 valence electrons. The monoisotopic (exact) mass is 259 g/mol. The first-order valence-electron chi connectivity index (χ1n) is 5.10. The van der Waals surface area contributed by atoms with Crippen LogP contribution < -0.4 is 5.32 Å². The van der Waals surface area contributed by atoms with Gasteiger partial charge in [-0.2, -0.15) is 11.8 Å². The van der Waals surface area contributed by atoms with Gasteiger partial charge in [0.05, 0.1) is 4.92 Å². The van der Waals surface area contributed by atoms with E-state index in [1.54, 1.807) is 0 Å². The molecule has 0 saturated heterocycles. The summed E-state index contributed by atoms with van der Waals surface area (Å²) in [4.78, 5) is 14.1. The smallest absolute Gasteiger partial charge is 0.345 e. The summed E-state index contributed by atoms with van der Waals surface area (Å²) in [5.74, 6) is 0. The van der Waals surface area contributed by atoms with Crippen LogP contribution in [-0.4, -0.2) is 27.5 Å². The third kappa shape index (κ3) is 2.46. The van der Waals surface area contributed by atoms with Crippen molar-refractivity contribution < 1.29 is 4.92 Å². The molecule has 1 fully saturated rings. The molecule has 1 N–H and O–H groups in total. The molecule has 0 aromatic carbocycles. The van der Waals surface area contributed by atoms with Crippen LogP contribution in [0.1, 0.15) is 19.3 Å². The molecule has 2 atom stereocenters. The average Bonchev–Trinajstić information content (AvgIpc) is 2.87. The van der Waals surface area contributed by atoms with Gasteiger partial charge in [0.1, 0.15) is 6.20 Å². The molecule has 1 aliphatic carbocycles. The molecule has 0 radical (unpaired) electrons. The third-order valence-corrected chi connectivity index (χ3v) is 4.79. The van der Waals surface area contributed by atoms with Crippen LogP contribution >= 0.6 is 23.1 Å². The summed E-state index contributed by atoms with van der Waals surface area (Å²) in [7, 11) is 0. The second kappa shape index (κ2) is 5.01. The second-order valence-electron chi connectivity index (χ2n) is 3.72. The molecule has 1 aromatic heterocycles. The van der Waals surface area contributed by atoms with E-state index in [4.69, 9.17) is 0 Å². The molecule has 1 aromatic rings. The van der Waals surface area contributed by atoms with E-state index in [0.29, 0.717) is 16.4 Å². The van der Waals surface area contributed by atoms with Gasteiger partial charge in [0.15, 0.2) is 5.13 Å². The SMILES string of the molecule is CSC1CCCC1Nc1ncc([N+](=O)[O-])s1. The Labute approximate surface area is 102 Å². The summed E-state index contributed by atoms with van der Waals surface area (Å²) in [6.45, 7) is 0. The number of nitrogens with one attached hydrogen (secondary N) is 1. The molecule has 2 unspecified atom stereocenters. The molecule has 2 rings (SSSR count). The number of rotatable bonds is 4. The number of thioether (sulfide) groups is 1. The minimum atomic E-state index is -0.399. The maximum absolute atomic E-state index is 10.5. The van der Waals surface area contributed by atoms with Crippen molar-refractivity contribution in [2.45, 2.75) is 30.6 Å². The number of nitro groups is 1. The minimum Gasteiger partial charge on any atom is -0.357 e. The van der Waals surface area contributed by atoms with Gasteiger partial charge >= 0.3 is 5.00 Å². The summed E-state index contributed by atoms with van der Waals surface area (Å²) in [6, 6.07) is 0.403. The van der Waals surface area contributed by atoms with Gasteiger partial charge in [-0.25, -0.2) is 4.98 Å². The van der Waals surface area contributed by atoms with E-state index in [2.05, 4.69) is 16.6 Å². The second-order valence-corrected chi connectivity index (χ2v) is 5.80. The topological polar surface area (TPSA) is 68.1 Å². The zero-order chi connectivity index (χ0) is 11.5. The quantitative estimate of drug-likeness (QED) is 0.665. The zero-order valence-corrected chi connectivity index (χ0v) is 10.5. The Balaban J connectivity index is 2.00. The number of aromatic nitrogens is 1. The minimum absolute atomic E-state index is 0.0983. The Kier molecular flexibility index (Phi) is 3.65. The summed E-state index contributed by atoms with van der Waals surface area (Å²) >= 11 is 2.96. The van der Waals surface area contributed by atoms with Crippen molar-refractivity contribution in [3.8, 4) is 0 Å². The number of hydrogen-bond donors (Lipinski definition) is 1. The molecular weight excluding hydrogens is 246 g/mol. The van der Waals surface area contributed by atoms with E-state index in [1.807, 2.05) is 11.8 Å². The molecule has 1 aliphatic rings. The van der Waals surface area contributed by atoms with Crippen molar-refractivity contribution in [1.82, 2.24) is 4.98 Å². The molecule has 16 heavy (non-hydrogen) atoms. The Hall–Kier alpha value is -0.820. The van der Waals surface area contributed by atoms with Gasteiger partial charge < -0.3 is 5.32 Å². The third-order valence-electron chi connectivity index (χ3n) is 2.74. The fourth-order valence-corrected chi connectivity index (χ4v) is 3.58. The number of nitrogens with zero attached hydrogens (tertiary/aromatic N) is 2. The van der Waals surface area contributed by atoms with E-state index in [9.17, 15) is 10.1 Å².